The summed E-state index contributed by atoms with van der Waals surface area (Å²) < 4.78 is 0. The number of hydrazine groups is 2. The molecule has 0 spiro atoms. The van der Waals surface area contributed by atoms with Gasteiger partial charge in [-0.25, -0.2) is 0 Å². The zero-order valence-electron chi connectivity index (χ0n) is 13.5. The minimum atomic E-state index is 0.213. The van der Waals surface area contributed by atoms with E-state index in [0.29, 0.717) is 26.2 Å². The molecule has 0 heterocycles. The minimum absolute atomic E-state index is 0.213. The lowest BCUT2D eigenvalue weighted by Crippen LogP contribution is -2.33. The molecule has 130 valence electrons. The van der Waals surface area contributed by atoms with E-state index in [4.69, 9.17) is 10.4 Å². The summed E-state index contributed by atoms with van der Waals surface area (Å²) in [6.45, 7) is 6.03. The standard InChI is InChI=1S/C12H28N6O4/c1-3-9-15(17(21)13-19)11-7-5-6-8-12-16(10-4-2)18(22)14-20/h19-20H,3-12H2,1-2H3. The normalized spacial score (nSPS) is 12.5. The van der Waals surface area contributed by atoms with Crippen LogP contribution in [0.15, 0.2) is 10.6 Å². The highest BCUT2D eigenvalue weighted by Crippen LogP contribution is 2.05. The molecule has 0 amide bonds. The Hall–Kier alpha value is -2.00. The average Bonchev–Trinajstić information content (AvgIpc) is 2.54. The van der Waals surface area contributed by atoms with Crippen LogP contribution in [0.2, 0.25) is 0 Å². The van der Waals surface area contributed by atoms with E-state index in [2.05, 4.69) is 10.6 Å². The third kappa shape index (κ3) is 8.32. The van der Waals surface area contributed by atoms with Crippen molar-refractivity contribution in [2.45, 2.75) is 52.4 Å². The van der Waals surface area contributed by atoms with Gasteiger partial charge in [0.1, 0.15) is 0 Å². The maximum absolute atomic E-state index is 11.2. The van der Waals surface area contributed by atoms with E-state index in [1.54, 1.807) is 0 Å². The Kier molecular flexibility index (Phi) is 11.6. The summed E-state index contributed by atoms with van der Waals surface area (Å²) in [7, 11) is 0. The quantitative estimate of drug-likeness (QED) is 0.232. The van der Waals surface area contributed by atoms with Gasteiger partial charge in [-0.15, -0.1) is 10.0 Å². The van der Waals surface area contributed by atoms with Gasteiger partial charge in [0.05, 0.1) is 36.1 Å². The van der Waals surface area contributed by atoms with E-state index in [1.165, 1.54) is 10.0 Å². The lowest BCUT2D eigenvalue weighted by molar-refractivity contribution is -0.710. The van der Waals surface area contributed by atoms with E-state index >= 15 is 0 Å². The highest BCUT2D eigenvalue weighted by molar-refractivity contribution is 4.50. The van der Waals surface area contributed by atoms with Crippen molar-refractivity contribution >= 4 is 0 Å². The number of nitrogens with zero attached hydrogens (tertiary/aromatic N) is 6. The second-order valence-corrected chi connectivity index (χ2v) is 5.01. The zero-order chi connectivity index (χ0) is 16.8. The van der Waals surface area contributed by atoms with Crippen molar-refractivity contribution in [1.29, 1.82) is 0 Å². The molecule has 10 heteroatoms. The molecule has 0 aromatic heterocycles. The van der Waals surface area contributed by atoms with Gasteiger partial charge in [0.15, 0.2) is 0 Å². The number of rotatable bonds is 13. The smallest absolute Gasteiger partial charge is 0.230 e. The molecule has 0 aromatic rings. The maximum Gasteiger partial charge on any atom is 0.230 e. The molecular formula is C12H28N6O4. The van der Waals surface area contributed by atoms with Gasteiger partial charge in [-0.3, -0.25) is 0 Å². The molecule has 2 N–H and O–H groups in total. The van der Waals surface area contributed by atoms with Crippen LogP contribution in [0.3, 0.4) is 0 Å². The summed E-state index contributed by atoms with van der Waals surface area (Å²) in [4.78, 5) is 0.426. The fourth-order valence-corrected chi connectivity index (χ4v) is 2.14. The molecular weight excluding hydrogens is 292 g/mol. The third-order valence-corrected chi connectivity index (χ3v) is 3.18. The van der Waals surface area contributed by atoms with Gasteiger partial charge >= 0.3 is 0 Å². The first-order valence-electron chi connectivity index (χ1n) is 7.74. The first-order valence-corrected chi connectivity index (χ1v) is 7.74. The molecule has 0 rings (SSSR count). The fraction of sp³-hybridized carbons (Fsp3) is 1.00. The van der Waals surface area contributed by atoms with Crippen LogP contribution in [0.25, 0.3) is 0 Å². The van der Waals surface area contributed by atoms with Gasteiger partial charge in [-0.05, 0) is 25.7 Å². The molecule has 0 unspecified atom stereocenters. The van der Waals surface area contributed by atoms with Crippen LogP contribution in [0.4, 0.5) is 0 Å². The first kappa shape index (κ1) is 20.0. The third-order valence-electron chi connectivity index (χ3n) is 3.18. The van der Waals surface area contributed by atoms with E-state index in [0.717, 1.165) is 38.5 Å². The predicted molar refractivity (Wildman–Crippen MR) is 77.9 cm³/mol. The molecule has 0 saturated heterocycles. The first-order chi connectivity index (χ1) is 10.6. The molecule has 0 radical (unpaired) electrons. The molecule has 0 aliphatic heterocycles. The number of hydrogen-bond donors (Lipinski definition) is 2. The Balaban J connectivity index is 3.91. The highest BCUT2D eigenvalue weighted by Gasteiger charge is 2.12. The maximum atomic E-state index is 11.2. The van der Waals surface area contributed by atoms with Crippen molar-refractivity contribution in [1.82, 2.24) is 10.0 Å². The highest BCUT2D eigenvalue weighted by atomic mass is 16.6. The molecule has 0 saturated carbocycles. The molecule has 0 aromatic carbocycles. The van der Waals surface area contributed by atoms with Gasteiger partial charge in [-0.2, -0.15) is 0 Å². The molecule has 10 nitrogen and oxygen atoms in total. The lowest BCUT2D eigenvalue weighted by Gasteiger charge is -2.17. The van der Waals surface area contributed by atoms with Crippen molar-refractivity contribution in [3.8, 4) is 0 Å². The van der Waals surface area contributed by atoms with Crippen LogP contribution in [0, 0.1) is 10.4 Å². The summed E-state index contributed by atoms with van der Waals surface area (Å²) in [6.07, 6.45) is 4.98. The summed E-state index contributed by atoms with van der Waals surface area (Å²) in [5, 5.41) is 47.6. The van der Waals surface area contributed by atoms with Crippen molar-refractivity contribution in [2.24, 2.45) is 10.6 Å². The summed E-state index contributed by atoms with van der Waals surface area (Å²) in [6, 6.07) is 0. The van der Waals surface area contributed by atoms with E-state index in [9.17, 15) is 10.4 Å². The van der Waals surface area contributed by atoms with Gasteiger partial charge in [-0.1, -0.05) is 26.7 Å². The van der Waals surface area contributed by atoms with E-state index in [1.807, 2.05) is 13.8 Å². The van der Waals surface area contributed by atoms with Gasteiger partial charge in [0, 0.05) is 0 Å². The topological polar surface area (TPSA) is 124 Å². The van der Waals surface area contributed by atoms with Crippen LogP contribution >= 0.6 is 0 Å². The molecule has 0 bridgehead atoms. The Bertz CT molecular complexity index is 308. The van der Waals surface area contributed by atoms with Crippen LogP contribution < -0.4 is 0 Å². The average molecular weight is 320 g/mol. The van der Waals surface area contributed by atoms with Crippen molar-refractivity contribution in [3.05, 3.63) is 10.4 Å². The van der Waals surface area contributed by atoms with Crippen molar-refractivity contribution in [3.63, 3.8) is 0 Å². The van der Waals surface area contributed by atoms with Crippen LogP contribution in [-0.4, -0.2) is 56.6 Å². The van der Waals surface area contributed by atoms with Crippen molar-refractivity contribution < 1.29 is 20.4 Å². The largest absolute Gasteiger partial charge is 0.569 e. The molecule has 0 aliphatic carbocycles. The predicted octanol–water partition coefficient (Wildman–Crippen LogP) is 2.50. The molecule has 22 heavy (non-hydrogen) atoms. The number of hydrogen-bond acceptors (Lipinski definition) is 4. The Morgan fingerprint density at radius 1 is 0.727 bits per heavy atom. The summed E-state index contributed by atoms with van der Waals surface area (Å²) in [5.41, 5.74) is 0. The van der Waals surface area contributed by atoms with Gasteiger partial charge < -0.3 is 20.8 Å². The number of unbranched alkanes of at least 4 members (excludes halogenated alkanes) is 3. The summed E-state index contributed by atoms with van der Waals surface area (Å²) >= 11 is 0. The van der Waals surface area contributed by atoms with E-state index < -0.39 is 0 Å². The zero-order valence-corrected chi connectivity index (χ0v) is 13.5. The van der Waals surface area contributed by atoms with Crippen molar-refractivity contribution in [2.75, 3.05) is 26.2 Å². The Morgan fingerprint density at radius 2 is 1.09 bits per heavy atom. The van der Waals surface area contributed by atoms with Gasteiger partial charge in [0.25, 0.3) is 0 Å². The SMILES string of the molecule is CCCN(CCCCCCN(CCC)[N+]([O-])=NO)[N+]([O-])=NO. The second kappa shape index (κ2) is 12.7. The molecule has 0 aliphatic rings. The second-order valence-electron chi connectivity index (χ2n) is 5.01. The molecule has 0 atom stereocenters. The fourth-order valence-electron chi connectivity index (χ4n) is 2.14. The Morgan fingerprint density at radius 3 is 1.36 bits per heavy atom. The Labute approximate surface area is 131 Å². The van der Waals surface area contributed by atoms with Crippen LogP contribution in [-0.2, 0) is 0 Å². The van der Waals surface area contributed by atoms with E-state index in [-0.39, 0.29) is 9.94 Å². The van der Waals surface area contributed by atoms with Crippen LogP contribution in [0.5, 0.6) is 0 Å². The monoisotopic (exact) mass is 320 g/mol. The minimum Gasteiger partial charge on any atom is -0.569 e. The molecule has 0 fully saturated rings. The summed E-state index contributed by atoms with van der Waals surface area (Å²) in [5.74, 6) is 0. The van der Waals surface area contributed by atoms with Gasteiger partial charge in [0.2, 0.25) is 10.6 Å². The van der Waals surface area contributed by atoms with Crippen LogP contribution in [0.1, 0.15) is 52.4 Å². The lowest BCUT2D eigenvalue weighted by atomic mass is 10.2.